The number of aromatic nitrogens is 2. The summed E-state index contributed by atoms with van der Waals surface area (Å²) >= 11 is 1.49. The number of sulfone groups is 1. The highest BCUT2D eigenvalue weighted by Crippen LogP contribution is 2.20. The Kier molecular flexibility index (Phi) is 3.33. The minimum atomic E-state index is -3.05. The van der Waals surface area contributed by atoms with Gasteiger partial charge >= 0.3 is 0 Å². The van der Waals surface area contributed by atoms with Gasteiger partial charge in [-0.25, -0.2) is 13.4 Å². The molecule has 0 bridgehead atoms. The van der Waals surface area contributed by atoms with Crippen molar-refractivity contribution in [2.24, 2.45) is 0 Å². The van der Waals surface area contributed by atoms with Crippen LogP contribution in [0.2, 0.25) is 0 Å². The summed E-state index contributed by atoms with van der Waals surface area (Å²) in [6, 6.07) is 0. The molecule has 1 aromatic heterocycles. The standard InChI is InChI=1S/C11H13N3O4S2/c15-9(13-2-5-20(17,18)6-3-13)8-7-12-11-14(10(8)16)1-4-19-11/h7H,1-6H2. The molecule has 0 saturated carbocycles. The van der Waals surface area contributed by atoms with Gasteiger partial charge in [-0.15, -0.1) is 0 Å². The SMILES string of the molecule is O=C(c1cnc2n(c1=O)CCS2)N1CCS(=O)(=O)CC1. The number of hydrogen-bond donors (Lipinski definition) is 0. The van der Waals surface area contributed by atoms with E-state index >= 15 is 0 Å². The second kappa shape index (κ2) is 4.88. The van der Waals surface area contributed by atoms with E-state index in [1.165, 1.54) is 27.4 Å². The molecule has 0 spiro atoms. The van der Waals surface area contributed by atoms with Gasteiger partial charge in [-0.1, -0.05) is 11.8 Å². The van der Waals surface area contributed by atoms with E-state index in [1.807, 2.05) is 0 Å². The molecule has 108 valence electrons. The first-order valence-electron chi connectivity index (χ1n) is 6.20. The van der Waals surface area contributed by atoms with Crippen LogP contribution in [0.5, 0.6) is 0 Å². The highest BCUT2D eigenvalue weighted by molar-refractivity contribution is 7.99. The van der Waals surface area contributed by atoms with Crippen LogP contribution in [-0.2, 0) is 16.4 Å². The van der Waals surface area contributed by atoms with E-state index in [0.29, 0.717) is 11.7 Å². The zero-order valence-electron chi connectivity index (χ0n) is 10.6. The average Bonchev–Trinajstić information content (AvgIpc) is 2.88. The lowest BCUT2D eigenvalue weighted by Crippen LogP contribution is -2.45. The van der Waals surface area contributed by atoms with E-state index in [-0.39, 0.29) is 35.7 Å². The summed E-state index contributed by atoms with van der Waals surface area (Å²) in [6.45, 7) is 0.829. The quantitative estimate of drug-likeness (QED) is 0.632. The summed E-state index contributed by atoms with van der Waals surface area (Å²) < 4.78 is 24.2. The van der Waals surface area contributed by atoms with Gasteiger partial charge in [-0.05, 0) is 0 Å². The second-order valence-electron chi connectivity index (χ2n) is 4.70. The van der Waals surface area contributed by atoms with E-state index in [2.05, 4.69) is 4.98 Å². The van der Waals surface area contributed by atoms with Crippen LogP contribution < -0.4 is 5.56 Å². The Labute approximate surface area is 119 Å². The molecule has 0 aromatic carbocycles. The third kappa shape index (κ3) is 2.35. The number of hydrogen-bond acceptors (Lipinski definition) is 6. The summed E-state index contributed by atoms with van der Waals surface area (Å²) in [7, 11) is -3.05. The Morgan fingerprint density at radius 1 is 1.25 bits per heavy atom. The van der Waals surface area contributed by atoms with Crippen LogP contribution in [0.25, 0.3) is 0 Å². The zero-order valence-corrected chi connectivity index (χ0v) is 12.2. The number of rotatable bonds is 1. The molecule has 0 unspecified atom stereocenters. The van der Waals surface area contributed by atoms with Crippen molar-refractivity contribution in [3.63, 3.8) is 0 Å². The maximum atomic E-state index is 12.3. The predicted octanol–water partition coefficient (Wildman–Crippen LogP) is -0.780. The molecule has 1 amide bonds. The largest absolute Gasteiger partial charge is 0.336 e. The highest BCUT2D eigenvalue weighted by Gasteiger charge is 2.28. The molecule has 1 aromatic rings. The lowest BCUT2D eigenvalue weighted by molar-refractivity contribution is 0.0767. The molecule has 0 aliphatic carbocycles. The van der Waals surface area contributed by atoms with Crippen LogP contribution in [0.4, 0.5) is 0 Å². The minimum absolute atomic E-state index is 0.0237. The fraction of sp³-hybridized carbons (Fsp3) is 0.545. The third-order valence-corrected chi connectivity index (χ3v) is 6.00. The van der Waals surface area contributed by atoms with Crippen molar-refractivity contribution in [3.05, 3.63) is 22.1 Å². The Balaban J connectivity index is 1.87. The topological polar surface area (TPSA) is 89.3 Å². The van der Waals surface area contributed by atoms with Crippen LogP contribution in [0.1, 0.15) is 10.4 Å². The Morgan fingerprint density at radius 3 is 2.65 bits per heavy atom. The van der Waals surface area contributed by atoms with Crippen LogP contribution in [-0.4, -0.2) is 59.1 Å². The molecular weight excluding hydrogens is 302 g/mol. The normalized spacial score (nSPS) is 20.7. The minimum Gasteiger partial charge on any atom is -0.336 e. The zero-order chi connectivity index (χ0) is 14.3. The molecule has 3 rings (SSSR count). The van der Waals surface area contributed by atoms with Crippen molar-refractivity contribution in [1.29, 1.82) is 0 Å². The number of carbonyl (C=O) groups is 1. The molecular formula is C11H13N3O4S2. The number of nitrogens with zero attached hydrogens (tertiary/aromatic N) is 3. The second-order valence-corrected chi connectivity index (χ2v) is 8.07. The highest BCUT2D eigenvalue weighted by atomic mass is 32.2. The fourth-order valence-corrected chi connectivity index (χ4v) is 4.37. The Hall–Kier alpha value is -1.35. The van der Waals surface area contributed by atoms with Gasteiger partial charge in [0.15, 0.2) is 15.0 Å². The van der Waals surface area contributed by atoms with Crippen molar-refractivity contribution in [1.82, 2.24) is 14.5 Å². The summed E-state index contributed by atoms with van der Waals surface area (Å²) in [5, 5.41) is 0.632. The van der Waals surface area contributed by atoms with E-state index in [4.69, 9.17) is 0 Å². The monoisotopic (exact) mass is 315 g/mol. The smallest absolute Gasteiger partial charge is 0.267 e. The number of fused-ring (bicyclic) bond motifs is 1. The van der Waals surface area contributed by atoms with Crippen molar-refractivity contribution >= 4 is 27.5 Å². The van der Waals surface area contributed by atoms with Gasteiger partial charge < -0.3 is 4.90 Å². The van der Waals surface area contributed by atoms with Gasteiger partial charge in [0.05, 0.1) is 11.5 Å². The van der Waals surface area contributed by atoms with Crippen molar-refractivity contribution in [2.75, 3.05) is 30.3 Å². The van der Waals surface area contributed by atoms with E-state index in [0.717, 1.165) is 5.75 Å². The molecule has 3 heterocycles. The van der Waals surface area contributed by atoms with Crippen LogP contribution >= 0.6 is 11.8 Å². The van der Waals surface area contributed by atoms with Gasteiger partial charge in [0, 0.05) is 31.6 Å². The predicted molar refractivity (Wildman–Crippen MR) is 73.8 cm³/mol. The number of thioether (sulfide) groups is 1. The third-order valence-electron chi connectivity index (χ3n) is 3.42. The van der Waals surface area contributed by atoms with E-state index in [1.54, 1.807) is 0 Å². The van der Waals surface area contributed by atoms with E-state index in [9.17, 15) is 18.0 Å². The fourth-order valence-electron chi connectivity index (χ4n) is 2.25. The van der Waals surface area contributed by atoms with Crippen LogP contribution in [0.3, 0.4) is 0 Å². The maximum Gasteiger partial charge on any atom is 0.267 e. The summed E-state index contributed by atoms with van der Waals surface area (Å²) in [5.74, 6) is 0.259. The lowest BCUT2D eigenvalue weighted by atomic mass is 10.2. The molecule has 2 aliphatic rings. The van der Waals surface area contributed by atoms with Crippen molar-refractivity contribution < 1.29 is 13.2 Å². The number of carbonyl (C=O) groups excluding carboxylic acids is 1. The molecule has 1 fully saturated rings. The van der Waals surface area contributed by atoms with E-state index < -0.39 is 15.7 Å². The molecule has 0 N–H and O–H groups in total. The first kappa shape index (κ1) is 13.6. The molecule has 0 atom stereocenters. The molecule has 0 radical (unpaired) electrons. The lowest BCUT2D eigenvalue weighted by Gasteiger charge is -2.26. The first-order valence-corrected chi connectivity index (χ1v) is 9.01. The van der Waals surface area contributed by atoms with Gasteiger partial charge in [0.1, 0.15) is 5.56 Å². The number of amides is 1. The van der Waals surface area contributed by atoms with Crippen LogP contribution in [0, 0.1) is 0 Å². The van der Waals surface area contributed by atoms with Crippen molar-refractivity contribution in [2.45, 2.75) is 11.7 Å². The summed E-state index contributed by atoms with van der Waals surface area (Å²) in [4.78, 5) is 30.1. The van der Waals surface area contributed by atoms with Crippen LogP contribution in [0.15, 0.2) is 16.1 Å². The molecule has 2 aliphatic heterocycles. The summed E-state index contributed by atoms with van der Waals surface area (Å²) in [6.07, 6.45) is 1.30. The molecule has 20 heavy (non-hydrogen) atoms. The maximum absolute atomic E-state index is 12.3. The van der Waals surface area contributed by atoms with Gasteiger partial charge in [-0.3, -0.25) is 14.2 Å². The molecule has 7 nitrogen and oxygen atoms in total. The Morgan fingerprint density at radius 2 is 1.95 bits per heavy atom. The summed E-state index contributed by atoms with van der Waals surface area (Å²) in [5.41, 5.74) is -0.311. The van der Waals surface area contributed by atoms with Gasteiger partial charge in [0.2, 0.25) is 0 Å². The first-order chi connectivity index (χ1) is 9.48. The van der Waals surface area contributed by atoms with Gasteiger partial charge in [-0.2, -0.15) is 0 Å². The molecule has 1 saturated heterocycles. The Bertz CT molecular complexity index is 712. The molecule has 9 heteroatoms. The van der Waals surface area contributed by atoms with Crippen molar-refractivity contribution in [3.8, 4) is 0 Å². The van der Waals surface area contributed by atoms with Gasteiger partial charge in [0.25, 0.3) is 11.5 Å². The average molecular weight is 315 g/mol.